The number of carboxylic acid groups (broad SMARTS) is 1. The van der Waals surface area contributed by atoms with Crippen LogP contribution in [-0.2, 0) is 9.59 Å². The topological polar surface area (TPSA) is 66.4 Å². The van der Waals surface area contributed by atoms with Gasteiger partial charge in [0.2, 0.25) is 11.8 Å². The molecule has 1 amide bonds. The Hall–Kier alpha value is -1.20. The van der Waals surface area contributed by atoms with Gasteiger partial charge in [-0.1, -0.05) is 0 Å². The van der Waals surface area contributed by atoms with Gasteiger partial charge in [0.05, 0.1) is 0 Å². The van der Waals surface area contributed by atoms with Crippen molar-refractivity contribution in [2.45, 2.75) is 50.5 Å². The molecule has 6 heteroatoms. The van der Waals surface area contributed by atoms with Crippen molar-refractivity contribution in [3.63, 3.8) is 0 Å². The summed E-state index contributed by atoms with van der Waals surface area (Å²) < 4.78 is 25.9. The summed E-state index contributed by atoms with van der Waals surface area (Å²) in [5.41, 5.74) is 0. The van der Waals surface area contributed by atoms with Crippen LogP contribution in [0.4, 0.5) is 8.78 Å². The Morgan fingerprint density at radius 1 is 1.17 bits per heavy atom. The molecule has 0 bridgehead atoms. The van der Waals surface area contributed by atoms with Crippen molar-refractivity contribution in [2.24, 2.45) is 11.8 Å². The van der Waals surface area contributed by atoms with Gasteiger partial charge in [0, 0.05) is 18.8 Å². The van der Waals surface area contributed by atoms with Crippen molar-refractivity contribution in [1.29, 1.82) is 0 Å². The lowest BCUT2D eigenvalue weighted by Gasteiger charge is -2.28. The summed E-state index contributed by atoms with van der Waals surface area (Å²) in [7, 11) is 0. The van der Waals surface area contributed by atoms with Crippen LogP contribution in [0.3, 0.4) is 0 Å². The van der Waals surface area contributed by atoms with Gasteiger partial charge in [-0.05, 0) is 31.6 Å². The van der Waals surface area contributed by atoms with Crippen molar-refractivity contribution in [2.75, 3.05) is 0 Å². The minimum Gasteiger partial charge on any atom is -0.480 e. The fourth-order valence-corrected chi connectivity index (χ4v) is 2.38. The molecule has 1 atom stereocenters. The first kappa shape index (κ1) is 13.2. The average Bonchev–Trinajstić information content (AvgIpc) is 3.08. The molecule has 2 N–H and O–H groups in total. The molecule has 0 radical (unpaired) electrons. The fourth-order valence-electron chi connectivity index (χ4n) is 2.38. The number of halogens is 2. The van der Waals surface area contributed by atoms with Crippen LogP contribution in [-0.4, -0.2) is 28.9 Å². The Labute approximate surface area is 104 Å². The first-order valence-electron chi connectivity index (χ1n) is 6.30. The number of hydrogen-bond donors (Lipinski definition) is 2. The predicted octanol–water partition coefficient (Wildman–Crippen LogP) is 1.79. The molecule has 0 aromatic heterocycles. The largest absolute Gasteiger partial charge is 0.480 e. The monoisotopic (exact) mass is 261 g/mol. The van der Waals surface area contributed by atoms with E-state index in [4.69, 9.17) is 5.11 Å². The molecular weight excluding hydrogens is 244 g/mol. The van der Waals surface area contributed by atoms with Crippen LogP contribution in [0.2, 0.25) is 0 Å². The van der Waals surface area contributed by atoms with Crippen molar-refractivity contribution in [3.8, 4) is 0 Å². The lowest BCUT2D eigenvalue weighted by Crippen LogP contribution is -2.46. The molecule has 2 aliphatic rings. The first-order chi connectivity index (χ1) is 8.39. The molecule has 2 fully saturated rings. The van der Waals surface area contributed by atoms with E-state index < -0.39 is 23.9 Å². The molecular formula is C12H17F2NO3. The van der Waals surface area contributed by atoms with E-state index in [2.05, 4.69) is 5.32 Å². The normalized spacial score (nSPS) is 25.4. The molecule has 2 rings (SSSR count). The van der Waals surface area contributed by atoms with Gasteiger partial charge in [-0.2, -0.15) is 0 Å². The summed E-state index contributed by atoms with van der Waals surface area (Å²) >= 11 is 0. The summed E-state index contributed by atoms with van der Waals surface area (Å²) in [6, 6.07) is -0.847. The van der Waals surface area contributed by atoms with Crippen LogP contribution in [0.5, 0.6) is 0 Å². The van der Waals surface area contributed by atoms with Gasteiger partial charge in [0.1, 0.15) is 6.04 Å². The number of hydrogen-bond acceptors (Lipinski definition) is 2. The highest BCUT2D eigenvalue weighted by molar-refractivity contribution is 5.85. The Kier molecular flexibility index (Phi) is 3.54. The lowest BCUT2D eigenvalue weighted by molar-refractivity contribution is -0.144. The first-order valence-corrected chi connectivity index (χ1v) is 6.30. The van der Waals surface area contributed by atoms with Crippen molar-refractivity contribution < 1.29 is 23.5 Å². The summed E-state index contributed by atoms with van der Waals surface area (Å²) in [5.74, 6) is -4.54. The highest BCUT2D eigenvalue weighted by Crippen LogP contribution is 2.37. The summed E-state index contributed by atoms with van der Waals surface area (Å²) in [5, 5.41) is 11.5. The summed E-state index contributed by atoms with van der Waals surface area (Å²) in [6.07, 6.45) is 1.31. The second-order valence-electron chi connectivity index (χ2n) is 5.29. The number of rotatable bonds is 4. The van der Waals surface area contributed by atoms with Crippen molar-refractivity contribution in [1.82, 2.24) is 5.32 Å². The van der Waals surface area contributed by atoms with Crippen LogP contribution in [0, 0.1) is 11.8 Å². The molecule has 18 heavy (non-hydrogen) atoms. The van der Waals surface area contributed by atoms with E-state index in [1.165, 1.54) is 0 Å². The van der Waals surface area contributed by atoms with Gasteiger partial charge in [-0.3, -0.25) is 4.79 Å². The second kappa shape index (κ2) is 4.82. The molecule has 0 saturated heterocycles. The quantitative estimate of drug-likeness (QED) is 0.810. The summed E-state index contributed by atoms with van der Waals surface area (Å²) in [6.45, 7) is 0. The molecule has 4 nitrogen and oxygen atoms in total. The molecule has 102 valence electrons. The third-order valence-corrected chi connectivity index (χ3v) is 3.75. The van der Waals surface area contributed by atoms with Crippen LogP contribution in [0.25, 0.3) is 0 Å². The van der Waals surface area contributed by atoms with Crippen LogP contribution < -0.4 is 5.32 Å². The second-order valence-corrected chi connectivity index (χ2v) is 5.29. The van der Waals surface area contributed by atoms with Crippen LogP contribution in [0.15, 0.2) is 0 Å². The van der Waals surface area contributed by atoms with Gasteiger partial charge < -0.3 is 10.4 Å². The zero-order chi connectivity index (χ0) is 13.3. The maximum atomic E-state index is 12.9. The molecule has 2 saturated carbocycles. The predicted molar refractivity (Wildman–Crippen MR) is 59.2 cm³/mol. The van der Waals surface area contributed by atoms with Crippen molar-refractivity contribution >= 4 is 11.9 Å². The zero-order valence-electron chi connectivity index (χ0n) is 9.99. The standard InChI is InChI=1S/C12H17F2NO3/c13-12(14)5-3-8(4-6-12)10(16)15-9(11(17)18)7-1-2-7/h7-9H,1-6H2,(H,15,16)(H,17,18). The Morgan fingerprint density at radius 2 is 1.72 bits per heavy atom. The minimum absolute atomic E-state index is 0.0106. The third kappa shape index (κ3) is 3.17. The average molecular weight is 261 g/mol. The Balaban J connectivity index is 1.86. The van der Waals surface area contributed by atoms with E-state index in [-0.39, 0.29) is 37.5 Å². The molecule has 2 aliphatic carbocycles. The molecule has 0 spiro atoms. The Morgan fingerprint density at radius 3 is 2.17 bits per heavy atom. The lowest BCUT2D eigenvalue weighted by atomic mass is 9.86. The van der Waals surface area contributed by atoms with E-state index in [0.717, 1.165) is 12.8 Å². The zero-order valence-corrected chi connectivity index (χ0v) is 9.99. The number of carbonyl (C=O) groups excluding carboxylic acids is 1. The molecule has 0 heterocycles. The van der Waals surface area contributed by atoms with Gasteiger partial charge >= 0.3 is 5.97 Å². The smallest absolute Gasteiger partial charge is 0.326 e. The van der Waals surface area contributed by atoms with Gasteiger partial charge in [0.25, 0.3) is 0 Å². The molecule has 0 aromatic rings. The maximum Gasteiger partial charge on any atom is 0.326 e. The number of aliphatic carboxylic acids is 1. The van der Waals surface area contributed by atoms with E-state index in [1.54, 1.807) is 0 Å². The number of amides is 1. The number of carbonyl (C=O) groups is 2. The SMILES string of the molecule is O=C(NC(C(=O)O)C1CC1)C1CCC(F)(F)CC1. The highest BCUT2D eigenvalue weighted by atomic mass is 19.3. The van der Waals surface area contributed by atoms with Gasteiger partial charge in [-0.25, -0.2) is 13.6 Å². The number of carboxylic acids is 1. The summed E-state index contributed by atoms with van der Waals surface area (Å²) in [4.78, 5) is 22.8. The highest BCUT2D eigenvalue weighted by Gasteiger charge is 2.41. The van der Waals surface area contributed by atoms with Crippen molar-refractivity contribution in [3.05, 3.63) is 0 Å². The number of nitrogens with one attached hydrogen (secondary N) is 1. The third-order valence-electron chi connectivity index (χ3n) is 3.75. The van der Waals surface area contributed by atoms with Crippen LogP contribution in [0.1, 0.15) is 38.5 Å². The van der Waals surface area contributed by atoms with E-state index in [0.29, 0.717) is 0 Å². The van der Waals surface area contributed by atoms with E-state index in [9.17, 15) is 18.4 Å². The molecule has 1 unspecified atom stereocenters. The van der Waals surface area contributed by atoms with E-state index in [1.807, 2.05) is 0 Å². The molecule has 0 aromatic carbocycles. The number of alkyl halides is 2. The fraction of sp³-hybridized carbons (Fsp3) is 0.833. The minimum atomic E-state index is -2.67. The van der Waals surface area contributed by atoms with E-state index >= 15 is 0 Å². The van der Waals surface area contributed by atoms with Gasteiger partial charge in [0.15, 0.2) is 0 Å². The van der Waals surface area contributed by atoms with Crippen LogP contribution >= 0.6 is 0 Å². The van der Waals surface area contributed by atoms with Gasteiger partial charge in [-0.15, -0.1) is 0 Å². The Bertz CT molecular complexity index is 345. The maximum absolute atomic E-state index is 12.9. The molecule has 0 aliphatic heterocycles.